The Kier molecular flexibility index (Phi) is 6.39. The van der Waals surface area contributed by atoms with E-state index in [0.717, 1.165) is 6.42 Å². The summed E-state index contributed by atoms with van der Waals surface area (Å²) >= 11 is 0. The highest BCUT2D eigenvalue weighted by Gasteiger charge is 2.31. The number of hydrogen-bond acceptors (Lipinski definition) is 4. The number of carbonyl (C=O) groups excluding carboxylic acids is 1. The van der Waals surface area contributed by atoms with E-state index in [0.29, 0.717) is 23.4 Å². The first-order chi connectivity index (χ1) is 10.4. The van der Waals surface area contributed by atoms with E-state index < -0.39 is 5.60 Å². The molecular weight excluding hydrogens is 280 g/mol. The molecule has 2 atom stereocenters. The number of nitrogens with one attached hydrogen (secondary N) is 1. The molecule has 5 heteroatoms. The molecule has 2 unspecified atom stereocenters. The maximum Gasteiger partial charge on any atom is 0.256 e. The number of hydrogen-bond donors (Lipinski definition) is 1. The lowest BCUT2D eigenvalue weighted by Crippen LogP contribution is -2.41. The summed E-state index contributed by atoms with van der Waals surface area (Å²) in [4.78, 5) is 12.3. The summed E-state index contributed by atoms with van der Waals surface area (Å²) in [6, 6.07) is 7.15. The highest BCUT2D eigenvalue weighted by Crippen LogP contribution is 2.25. The molecular formula is C17H24N2O3. The zero-order valence-corrected chi connectivity index (χ0v) is 13.9. The van der Waals surface area contributed by atoms with E-state index in [1.807, 2.05) is 20.8 Å². The molecule has 1 rings (SSSR count). The van der Waals surface area contributed by atoms with E-state index in [4.69, 9.17) is 9.47 Å². The van der Waals surface area contributed by atoms with E-state index in [1.165, 1.54) is 7.11 Å². The minimum absolute atomic E-state index is 0.0730. The number of ether oxygens (including phenoxy) is 2. The fourth-order valence-electron chi connectivity index (χ4n) is 1.77. The van der Waals surface area contributed by atoms with Crippen LogP contribution in [-0.4, -0.2) is 24.7 Å². The Bertz CT molecular complexity index is 560. The first kappa shape index (κ1) is 18.0. The highest BCUT2D eigenvalue weighted by molar-refractivity contribution is 5.98. The second-order valence-electron chi connectivity index (χ2n) is 5.40. The van der Waals surface area contributed by atoms with Crippen LogP contribution in [0.5, 0.6) is 5.75 Å². The van der Waals surface area contributed by atoms with Gasteiger partial charge in [0.1, 0.15) is 17.4 Å². The van der Waals surface area contributed by atoms with Gasteiger partial charge in [0, 0.05) is 13.2 Å². The molecule has 0 saturated heterocycles. The van der Waals surface area contributed by atoms with Crippen molar-refractivity contribution in [3.63, 3.8) is 0 Å². The van der Waals surface area contributed by atoms with Crippen molar-refractivity contribution in [3.8, 4) is 11.8 Å². The Labute approximate surface area is 132 Å². The van der Waals surface area contributed by atoms with Gasteiger partial charge in [0.15, 0.2) is 0 Å². The monoisotopic (exact) mass is 304 g/mol. The van der Waals surface area contributed by atoms with Crippen LogP contribution in [0.15, 0.2) is 18.2 Å². The molecule has 1 N–H and O–H groups in total. The lowest BCUT2D eigenvalue weighted by atomic mass is 10.0. The van der Waals surface area contributed by atoms with Crippen molar-refractivity contribution in [1.29, 1.82) is 5.26 Å². The lowest BCUT2D eigenvalue weighted by Gasteiger charge is -2.25. The zero-order chi connectivity index (χ0) is 16.8. The summed E-state index contributed by atoms with van der Waals surface area (Å²) in [5.41, 5.74) is -0.0945. The Morgan fingerprint density at radius 2 is 2.14 bits per heavy atom. The van der Waals surface area contributed by atoms with Crippen LogP contribution in [-0.2, 0) is 9.53 Å². The quantitative estimate of drug-likeness (QED) is 0.837. The van der Waals surface area contributed by atoms with Crippen LogP contribution in [0.1, 0.15) is 46.1 Å². The fourth-order valence-corrected chi connectivity index (χ4v) is 1.77. The normalized spacial score (nSPS) is 14.5. The molecule has 1 aromatic rings. The number of nitriles is 1. The first-order valence-electron chi connectivity index (χ1n) is 7.47. The summed E-state index contributed by atoms with van der Waals surface area (Å²) in [6.07, 6.45) is 1.49. The van der Waals surface area contributed by atoms with Gasteiger partial charge in [0.25, 0.3) is 5.91 Å². The summed E-state index contributed by atoms with van der Waals surface area (Å²) in [5, 5.41) is 12.0. The van der Waals surface area contributed by atoms with Gasteiger partial charge in [-0.05, 0) is 38.8 Å². The van der Waals surface area contributed by atoms with E-state index in [1.54, 1.807) is 25.1 Å². The molecule has 0 radical (unpaired) electrons. The van der Waals surface area contributed by atoms with Crippen molar-refractivity contribution in [2.75, 3.05) is 12.4 Å². The minimum Gasteiger partial charge on any atom is -0.491 e. The van der Waals surface area contributed by atoms with Crippen molar-refractivity contribution in [1.82, 2.24) is 0 Å². The van der Waals surface area contributed by atoms with Crippen LogP contribution >= 0.6 is 0 Å². The van der Waals surface area contributed by atoms with Gasteiger partial charge in [0.05, 0.1) is 17.4 Å². The van der Waals surface area contributed by atoms with Crippen molar-refractivity contribution < 1.29 is 14.3 Å². The van der Waals surface area contributed by atoms with Crippen molar-refractivity contribution in [3.05, 3.63) is 23.8 Å². The number of methoxy groups -OCH3 is 1. The van der Waals surface area contributed by atoms with Gasteiger partial charge in [-0.3, -0.25) is 4.79 Å². The van der Waals surface area contributed by atoms with Crippen LogP contribution in [0.4, 0.5) is 5.69 Å². The summed E-state index contributed by atoms with van der Waals surface area (Å²) in [5.74, 6) is 0.346. The molecule has 1 aromatic carbocycles. The van der Waals surface area contributed by atoms with E-state index in [-0.39, 0.29) is 12.0 Å². The number of rotatable bonds is 7. The SMILES string of the molecule is CCC(C)Oc1ccc(NC(=O)C(C)(CC)OC)c(C#N)c1. The molecule has 1 amide bonds. The van der Waals surface area contributed by atoms with Crippen LogP contribution in [0.3, 0.4) is 0 Å². The molecule has 0 aliphatic rings. The van der Waals surface area contributed by atoms with Crippen molar-refractivity contribution in [2.45, 2.75) is 52.2 Å². The Morgan fingerprint density at radius 3 is 2.64 bits per heavy atom. The average molecular weight is 304 g/mol. The van der Waals surface area contributed by atoms with Crippen LogP contribution < -0.4 is 10.1 Å². The average Bonchev–Trinajstić information content (AvgIpc) is 2.54. The number of amides is 1. The van der Waals surface area contributed by atoms with Crippen LogP contribution in [0, 0.1) is 11.3 Å². The van der Waals surface area contributed by atoms with E-state index >= 15 is 0 Å². The molecule has 5 nitrogen and oxygen atoms in total. The predicted octanol–water partition coefficient (Wildman–Crippen LogP) is 3.49. The van der Waals surface area contributed by atoms with Crippen molar-refractivity contribution in [2.24, 2.45) is 0 Å². The number of carbonyl (C=O) groups is 1. The molecule has 0 saturated carbocycles. The van der Waals surface area contributed by atoms with Crippen molar-refractivity contribution >= 4 is 11.6 Å². The number of benzene rings is 1. The van der Waals surface area contributed by atoms with Gasteiger partial charge in [-0.15, -0.1) is 0 Å². The molecule has 0 aromatic heterocycles. The second-order valence-corrected chi connectivity index (χ2v) is 5.40. The molecule has 0 fully saturated rings. The first-order valence-corrected chi connectivity index (χ1v) is 7.47. The topological polar surface area (TPSA) is 71.3 Å². The van der Waals surface area contributed by atoms with E-state index in [9.17, 15) is 10.1 Å². The third-order valence-electron chi connectivity index (χ3n) is 3.88. The smallest absolute Gasteiger partial charge is 0.256 e. The Hall–Kier alpha value is -2.06. The van der Waals surface area contributed by atoms with Gasteiger partial charge in [-0.2, -0.15) is 5.26 Å². The predicted molar refractivity (Wildman–Crippen MR) is 85.9 cm³/mol. The highest BCUT2D eigenvalue weighted by atomic mass is 16.5. The van der Waals surface area contributed by atoms with E-state index in [2.05, 4.69) is 11.4 Å². The number of anilines is 1. The summed E-state index contributed by atoms with van der Waals surface area (Å²) in [7, 11) is 1.50. The molecule has 0 spiro atoms. The lowest BCUT2D eigenvalue weighted by molar-refractivity contribution is -0.136. The summed E-state index contributed by atoms with van der Waals surface area (Å²) < 4.78 is 11.0. The maximum atomic E-state index is 12.3. The Morgan fingerprint density at radius 1 is 1.45 bits per heavy atom. The fraction of sp³-hybridized carbons (Fsp3) is 0.529. The molecule has 0 aliphatic heterocycles. The molecule has 120 valence electrons. The summed E-state index contributed by atoms with van der Waals surface area (Å²) in [6.45, 7) is 7.58. The standard InChI is InChI=1S/C17H24N2O3/c1-6-12(3)22-14-8-9-15(13(10-14)11-18)19-16(20)17(4,7-2)21-5/h8-10,12H,6-7H2,1-5H3,(H,19,20). The zero-order valence-electron chi connectivity index (χ0n) is 13.9. The van der Waals surface area contributed by atoms with Gasteiger partial charge in [-0.1, -0.05) is 13.8 Å². The van der Waals surface area contributed by atoms with Gasteiger partial charge in [0.2, 0.25) is 0 Å². The molecule has 0 bridgehead atoms. The third kappa shape index (κ3) is 4.22. The molecule has 0 aliphatic carbocycles. The second kappa shape index (κ2) is 7.81. The van der Waals surface area contributed by atoms with Crippen LogP contribution in [0.2, 0.25) is 0 Å². The van der Waals surface area contributed by atoms with Gasteiger partial charge < -0.3 is 14.8 Å². The van der Waals surface area contributed by atoms with Crippen LogP contribution in [0.25, 0.3) is 0 Å². The molecule has 22 heavy (non-hydrogen) atoms. The van der Waals surface area contributed by atoms with Gasteiger partial charge in [-0.25, -0.2) is 0 Å². The largest absolute Gasteiger partial charge is 0.491 e. The Balaban J connectivity index is 2.97. The minimum atomic E-state index is -0.918. The molecule has 0 heterocycles. The number of nitrogens with zero attached hydrogens (tertiary/aromatic N) is 1. The van der Waals surface area contributed by atoms with Gasteiger partial charge >= 0.3 is 0 Å². The third-order valence-corrected chi connectivity index (χ3v) is 3.88. The maximum absolute atomic E-state index is 12.3.